The topological polar surface area (TPSA) is 30.8 Å². The van der Waals surface area contributed by atoms with Gasteiger partial charge in [-0.3, -0.25) is 4.99 Å². The molecule has 3 rings (SSSR count). The highest BCUT2D eigenvalue weighted by molar-refractivity contribution is 6.65. The second-order valence-electron chi connectivity index (χ2n) is 6.53. The Morgan fingerprint density at radius 2 is 1.75 bits per heavy atom. The van der Waals surface area contributed by atoms with Crippen molar-refractivity contribution in [3.05, 3.63) is 27.7 Å². The Morgan fingerprint density at radius 3 is 2.35 bits per heavy atom. The van der Waals surface area contributed by atoms with Crippen molar-refractivity contribution in [2.24, 2.45) is 4.99 Å². The molecule has 2 aliphatic heterocycles. The maximum Gasteiger partial charge on any atom is 0.496 e. The first-order chi connectivity index (χ1) is 9.21. The summed E-state index contributed by atoms with van der Waals surface area (Å²) in [5, 5.41) is 2.63. The van der Waals surface area contributed by atoms with Crippen LogP contribution >= 0.6 is 11.6 Å². The van der Waals surface area contributed by atoms with Crippen LogP contribution in [-0.4, -0.2) is 24.4 Å². The summed E-state index contributed by atoms with van der Waals surface area (Å²) in [5.41, 5.74) is 0.160. The van der Waals surface area contributed by atoms with Crippen molar-refractivity contribution in [2.45, 2.75) is 51.9 Å². The highest BCUT2D eigenvalue weighted by Gasteiger charge is 2.52. The predicted octanol–water partition coefficient (Wildman–Crippen LogP) is 1.44. The van der Waals surface area contributed by atoms with E-state index in [2.05, 4.69) is 11.1 Å². The molecule has 0 aromatic heterocycles. The monoisotopic (exact) mass is 291 g/mol. The predicted molar refractivity (Wildman–Crippen MR) is 81.9 cm³/mol. The van der Waals surface area contributed by atoms with Crippen LogP contribution in [0.2, 0.25) is 5.02 Å². The lowest BCUT2D eigenvalue weighted by Crippen LogP contribution is -2.41. The normalized spacial score (nSPS) is 26.1. The highest BCUT2D eigenvalue weighted by Crippen LogP contribution is 2.36. The SMILES string of the molecule is CC1C=c2c(Cl)c(B3OC(C)(C)C(C)(C)O3)ccc2=N1. The molecule has 1 saturated heterocycles. The van der Waals surface area contributed by atoms with E-state index in [0.717, 1.165) is 16.0 Å². The van der Waals surface area contributed by atoms with Crippen LogP contribution in [0, 0.1) is 0 Å². The number of hydrogen-bond acceptors (Lipinski definition) is 3. The number of benzene rings is 1. The van der Waals surface area contributed by atoms with Crippen LogP contribution in [0.3, 0.4) is 0 Å². The van der Waals surface area contributed by atoms with Gasteiger partial charge in [0.2, 0.25) is 0 Å². The average molecular weight is 292 g/mol. The van der Waals surface area contributed by atoms with Gasteiger partial charge in [0.15, 0.2) is 0 Å². The smallest absolute Gasteiger partial charge is 0.399 e. The van der Waals surface area contributed by atoms with Gasteiger partial charge in [0.25, 0.3) is 0 Å². The van der Waals surface area contributed by atoms with E-state index in [1.807, 2.05) is 46.8 Å². The molecule has 2 heterocycles. The van der Waals surface area contributed by atoms with Crippen LogP contribution in [-0.2, 0) is 9.31 Å². The Balaban J connectivity index is 2.06. The van der Waals surface area contributed by atoms with E-state index < -0.39 is 7.12 Å². The highest BCUT2D eigenvalue weighted by atomic mass is 35.5. The minimum atomic E-state index is -0.429. The Hall–Kier alpha value is -0.835. The van der Waals surface area contributed by atoms with Crippen molar-refractivity contribution in [2.75, 3.05) is 0 Å². The summed E-state index contributed by atoms with van der Waals surface area (Å²) in [7, 11) is -0.429. The fraction of sp³-hybridized carbons (Fsp3) is 0.533. The summed E-state index contributed by atoms with van der Waals surface area (Å²) in [5.74, 6) is 0. The number of rotatable bonds is 1. The largest absolute Gasteiger partial charge is 0.496 e. The molecular formula is C15H19BClNO2. The number of hydrogen-bond donors (Lipinski definition) is 0. The molecule has 0 N–H and O–H groups in total. The van der Waals surface area contributed by atoms with E-state index in [1.165, 1.54) is 0 Å². The van der Waals surface area contributed by atoms with Crippen LogP contribution in [0.1, 0.15) is 34.6 Å². The molecule has 0 amide bonds. The van der Waals surface area contributed by atoms with Gasteiger partial charge in [0.05, 0.1) is 22.6 Å². The number of fused-ring (bicyclic) bond motifs is 1. The Kier molecular flexibility index (Phi) is 3.05. The summed E-state index contributed by atoms with van der Waals surface area (Å²) in [4.78, 5) is 4.52. The Bertz CT molecular complexity index is 668. The first-order valence-electron chi connectivity index (χ1n) is 6.95. The van der Waals surface area contributed by atoms with E-state index in [0.29, 0.717) is 5.02 Å². The zero-order valence-electron chi connectivity index (χ0n) is 12.5. The average Bonchev–Trinajstić information content (AvgIpc) is 2.78. The summed E-state index contributed by atoms with van der Waals surface area (Å²) >= 11 is 6.53. The van der Waals surface area contributed by atoms with E-state index in [4.69, 9.17) is 20.9 Å². The lowest BCUT2D eigenvalue weighted by molar-refractivity contribution is 0.00578. The molecule has 106 valence electrons. The Morgan fingerprint density at radius 1 is 1.15 bits per heavy atom. The first-order valence-corrected chi connectivity index (χ1v) is 7.33. The van der Waals surface area contributed by atoms with Crippen molar-refractivity contribution in [1.29, 1.82) is 0 Å². The molecule has 0 bridgehead atoms. The Labute approximate surface area is 124 Å². The van der Waals surface area contributed by atoms with Gasteiger partial charge in [0, 0.05) is 15.7 Å². The van der Waals surface area contributed by atoms with Crippen LogP contribution in [0.15, 0.2) is 17.1 Å². The molecule has 0 spiro atoms. The maximum absolute atomic E-state index is 6.53. The molecule has 1 atom stereocenters. The molecule has 0 radical (unpaired) electrons. The van der Waals surface area contributed by atoms with E-state index >= 15 is 0 Å². The van der Waals surface area contributed by atoms with E-state index in [-0.39, 0.29) is 17.2 Å². The molecule has 1 aromatic rings. The van der Waals surface area contributed by atoms with Crippen molar-refractivity contribution in [3.63, 3.8) is 0 Å². The molecule has 5 heteroatoms. The van der Waals surface area contributed by atoms with Crippen molar-refractivity contribution < 1.29 is 9.31 Å². The van der Waals surface area contributed by atoms with Crippen molar-refractivity contribution in [3.8, 4) is 0 Å². The molecule has 1 fully saturated rings. The third kappa shape index (κ3) is 2.02. The summed E-state index contributed by atoms with van der Waals surface area (Å²) in [6.07, 6.45) is 2.08. The minimum absolute atomic E-state index is 0.177. The lowest BCUT2D eigenvalue weighted by atomic mass is 9.78. The lowest BCUT2D eigenvalue weighted by Gasteiger charge is -2.32. The van der Waals surface area contributed by atoms with Crippen LogP contribution in [0.4, 0.5) is 0 Å². The third-order valence-electron chi connectivity index (χ3n) is 4.44. The fourth-order valence-corrected chi connectivity index (χ4v) is 2.83. The standard InChI is InChI=1S/C15H19BClNO2/c1-9-8-10-12(18-9)7-6-11(13(10)17)16-19-14(2,3)15(4,5)20-16/h6-9H,1-5H3. The summed E-state index contributed by atoms with van der Waals surface area (Å²) in [6.45, 7) is 10.2. The minimum Gasteiger partial charge on any atom is -0.399 e. The zero-order chi connectivity index (χ0) is 14.7. The van der Waals surface area contributed by atoms with Gasteiger partial charge in [-0.15, -0.1) is 0 Å². The van der Waals surface area contributed by atoms with Gasteiger partial charge in [-0.05, 0) is 46.8 Å². The van der Waals surface area contributed by atoms with E-state index in [9.17, 15) is 0 Å². The van der Waals surface area contributed by atoms with Crippen molar-refractivity contribution >= 4 is 30.3 Å². The van der Waals surface area contributed by atoms with Gasteiger partial charge >= 0.3 is 7.12 Å². The van der Waals surface area contributed by atoms with Gasteiger partial charge in [-0.2, -0.15) is 0 Å². The van der Waals surface area contributed by atoms with E-state index in [1.54, 1.807) is 0 Å². The molecule has 2 aliphatic rings. The molecule has 0 saturated carbocycles. The van der Waals surface area contributed by atoms with Gasteiger partial charge in [0.1, 0.15) is 0 Å². The summed E-state index contributed by atoms with van der Waals surface area (Å²) < 4.78 is 12.1. The van der Waals surface area contributed by atoms with Crippen LogP contribution in [0.5, 0.6) is 0 Å². The third-order valence-corrected chi connectivity index (χ3v) is 4.87. The second-order valence-corrected chi connectivity index (χ2v) is 6.90. The number of halogens is 1. The maximum atomic E-state index is 6.53. The second kappa shape index (κ2) is 4.33. The fourth-order valence-electron chi connectivity index (χ4n) is 2.52. The van der Waals surface area contributed by atoms with Crippen LogP contribution in [0.25, 0.3) is 6.08 Å². The van der Waals surface area contributed by atoms with Crippen molar-refractivity contribution in [1.82, 2.24) is 0 Å². The van der Waals surface area contributed by atoms with Gasteiger partial charge in [-0.25, -0.2) is 0 Å². The molecule has 1 aromatic carbocycles. The molecule has 3 nitrogen and oxygen atoms in total. The quantitative estimate of drug-likeness (QED) is 0.733. The number of nitrogens with zero attached hydrogens (tertiary/aromatic N) is 1. The molecule has 20 heavy (non-hydrogen) atoms. The molecule has 0 aliphatic carbocycles. The van der Waals surface area contributed by atoms with Gasteiger partial charge < -0.3 is 9.31 Å². The van der Waals surface area contributed by atoms with Gasteiger partial charge in [-0.1, -0.05) is 17.7 Å². The molecular weight excluding hydrogens is 272 g/mol. The van der Waals surface area contributed by atoms with Crippen LogP contribution < -0.4 is 16.0 Å². The zero-order valence-corrected chi connectivity index (χ0v) is 13.3. The summed E-state index contributed by atoms with van der Waals surface area (Å²) in [6, 6.07) is 4.12. The first kappa shape index (κ1) is 14.1. The molecule has 1 unspecified atom stereocenters.